The Labute approximate surface area is 371 Å². The van der Waals surface area contributed by atoms with Crippen LogP contribution in [0.25, 0.3) is 0 Å². The van der Waals surface area contributed by atoms with Gasteiger partial charge in [0.2, 0.25) is 0 Å². The second kappa shape index (κ2) is 16.6. The van der Waals surface area contributed by atoms with E-state index in [0.717, 1.165) is 38.6 Å². The molecule has 2 aliphatic heterocycles. The number of aliphatic hydroxyl groups is 5. The summed E-state index contributed by atoms with van der Waals surface area (Å²) >= 11 is 0. The summed E-state index contributed by atoms with van der Waals surface area (Å²) in [7, 11) is 0. The zero-order valence-electron chi connectivity index (χ0n) is 38.3. The molecule has 8 aliphatic rings. The van der Waals surface area contributed by atoms with Crippen molar-refractivity contribution < 1.29 is 69.1 Å². The van der Waals surface area contributed by atoms with Crippen LogP contribution in [0.3, 0.4) is 0 Å². The summed E-state index contributed by atoms with van der Waals surface area (Å²) in [5, 5.41) is 77.2. The van der Waals surface area contributed by atoms with Crippen molar-refractivity contribution in [2.75, 3.05) is 6.54 Å². The van der Waals surface area contributed by atoms with Crippen molar-refractivity contribution in [1.29, 1.82) is 0 Å². The Morgan fingerprint density at radius 2 is 1.33 bits per heavy atom. The molecule has 0 radical (unpaired) electrons. The summed E-state index contributed by atoms with van der Waals surface area (Å²) in [6, 6.07) is 0.604. The van der Waals surface area contributed by atoms with Crippen LogP contribution in [-0.4, -0.2) is 134 Å². The first-order valence-electron chi connectivity index (χ1n) is 23.9. The van der Waals surface area contributed by atoms with Crippen LogP contribution in [0, 0.1) is 50.2 Å². The number of ketones is 1. The third-order valence-corrected chi connectivity index (χ3v) is 19.2. The van der Waals surface area contributed by atoms with Gasteiger partial charge in [-0.1, -0.05) is 73.3 Å². The molecule has 8 rings (SSSR count). The van der Waals surface area contributed by atoms with Gasteiger partial charge in [-0.3, -0.25) is 4.79 Å². The fourth-order valence-corrected chi connectivity index (χ4v) is 15.1. The lowest BCUT2D eigenvalue weighted by atomic mass is 9.33. The van der Waals surface area contributed by atoms with Crippen molar-refractivity contribution in [2.24, 2.45) is 50.2 Å². The highest BCUT2D eigenvalue weighted by molar-refractivity contribution is 5.95. The Morgan fingerprint density at radius 3 is 1.98 bits per heavy atom. The van der Waals surface area contributed by atoms with Crippen LogP contribution in [0.1, 0.15) is 138 Å². The summed E-state index contributed by atoms with van der Waals surface area (Å²) in [5.74, 6) is -2.92. The molecule has 15 heteroatoms. The number of carbonyl (C=O) groups is 3. The number of ether oxygens (including phenoxy) is 4. The van der Waals surface area contributed by atoms with E-state index in [2.05, 4.69) is 59.9 Å². The van der Waals surface area contributed by atoms with E-state index in [-0.39, 0.29) is 39.3 Å². The van der Waals surface area contributed by atoms with E-state index in [9.17, 15) is 45.3 Å². The number of rotatable bonds is 9. The van der Waals surface area contributed by atoms with Gasteiger partial charge in [0.25, 0.3) is 0 Å². The highest BCUT2D eigenvalue weighted by Gasteiger charge is 2.70. The van der Waals surface area contributed by atoms with Gasteiger partial charge in [-0.25, -0.2) is 9.59 Å². The van der Waals surface area contributed by atoms with Crippen LogP contribution in [-0.2, 0) is 33.3 Å². The molecular formula is C48H75NO14. The van der Waals surface area contributed by atoms with Crippen molar-refractivity contribution in [3.8, 4) is 0 Å². The average molecular weight is 890 g/mol. The molecule has 2 unspecified atom stereocenters. The fourth-order valence-electron chi connectivity index (χ4n) is 15.1. The van der Waals surface area contributed by atoms with E-state index in [0.29, 0.717) is 24.8 Å². The smallest absolute Gasteiger partial charge is 0.335 e. The minimum Gasteiger partial charge on any atom is -0.479 e. The Hall–Kier alpha value is -2.05. The van der Waals surface area contributed by atoms with Crippen LogP contribution < -0.4 is 5.32 Å². The number of aliphatic carboxylic acids is 2. The van der Waals surface area contributed by atoms with E-state index in [4.69, 9.17) is 18.9 Å². The highest BCUT2D eigenvalue weighted by Crippen LogP contribution is 2.75. The first-order valence-corrected chi connectivity index (χ1v) is 23.9. The van der Waals surface area contributed by atoms with Gasteiger partial charge >= 0.3 is 11.9 Å². The number of hydrogen-bond donors (Lipinski definition) is 8. The second-order valence-corrected chi connectivity index (χ2v) is 23.3. The average Bonchev–Trinajstić information content (AvgIpc) is 3.22. The molecule has 63 heavy (non-hydrogen) atoms. The van der Waals surface area contributed by atoms with Crippen LogP contribution in [0.15, 0.2) is 11.6 Å². The number of carboxylic acids is 2. The summed E-state index contributed by atoms with van der Waals surface area (Å²) < 4.78 is 23.6. The van der Waals surface area contributed by atoms with Gasteiger partial charge in [0.05, 0.1) is 6.10 Å². The van der Waals surface area contributed by atoms with E-state index in [1.165, 1.54) is 50.5 Å². The molecular weight excluding hydrogens is 815 g/mol. The molecule has 0 aromatic rings. The standard InChI is InChI=1S/C48H75NO14/c1-43(2)28-13-16-48(7)38(27(50)21-25-26-22-44(3,23-49-24-11-9-8-10-12-24)17-18-45(26,4)19-20-47(25,48)6)46(28,5)15-14-29(43)60-42-37(33(54)32(53)36(62-42)40(58)59)63-41-34(55)30(51)31(52)35(61-41)39(56)57/h21,24,26,28-38,41-42,49,51-55H,8-20,22-23H2,1-7H3,(H,56,57)(H,58,59)/t26-,28?,29-,30-,31-,32-,33-,34+,35-,36-,37+,38?,41-,42+,44-,45+,46-,47+,48+/m0/s1. The lowest BCUT2D eigenvalue weighted by Crippen LogP contribution is -2.68. The minimum atomic E-state index is -2.02. The fraction of sp³-hybridized carbons (Fsp3) is 0.896. The molecule has 0 aromatic carbocycles. The third kappa shape index (κ3) is 7.68. The minimum absolute atomic E-state index is 0.0211. The number of aliphatic hydroxyl groups excluding tert-OH is 5. The zero-order chi connectivity index (χ0) is 45.8. The summed E-state index contributed by atoms with van der Waals surface area (Å²) in [5.41, 5.74) is 0.191. The Bertz CT molecular complexity index is 1800. The van der Waals surface area contributed by atoms with E-state index < -0.39 is 90.3 Å². The molecule has 0 spiro atoms. The number of fused-ring (bicyclic) bond motifs is 7. The number of hydrogen-bond acceptors (Lipinski definition) is 13. The molecule has 0 amide bonds. The van der Waals surface area contributed by atoms with Gasteiger partial charge in [0.15, 0.2) is 30.6 Å². The Kier molecular flexibility index (Phi) is 12.5. The van der Waals surface area contributed by atoms with Crippen molar-refractivity contribution in [2.45, 2.75) is 212 Å². The summed E-state index contributed by atoms with van der Waals surface area (Å²) in [6.07, 6.45) is -3.00. The van der Waals surface area contributed by atoms with Gasteiger partial charge in [-0.15, -0.1) is 0 Å². The maximum absolute atomic E-state index is 15.1. The predicted octanol–water partition coefficient (Wildman–Crippen LogP) is 4.08. The topological polar surface area (TPSA) is 242 Å². The second-order valence-electron chi connectivity index (χ2n) is 23.3. The van der Waals surface area contributed by atoms with Gasteiger partial charge in [-0.05, 0) is 121 Å². The zero-order valence-corrected chi connectivity index (χ0v) is 38.3. The molecule has 0 bridgehead atoms. The van der Waals surface area contributed by atoms with Crippen molar-refractivity contribution in [1.82, 2.24) is 5.32 Å². The summed E-state index contributed by atoms with van der Waals surface area (Å²) in [4.78, 5) is 39.2. The maximum Gasteiger partial charge on any atom is 0.335 e. The van der Waals surface area contributed by atoms with Crippen molar-refractivity contribution in [3.63, 3.8) is 0 Å². The molecule has 2 heterocycles. The van der Waals surface area contributed by atoms with Crippen molar-refractivity contribution >= 4 is 17.7 Å². The molecule has 6 aliphatic carbocycles. The molecule has 5 saturated carbocycles. The lowest BCUT2D eigenvalue weighted by Gasteiger charge is -2.70. The number of allylic oxidation sites excluding steroid dienone is 2. The van der Waals surface area contributed by atoms with Gasteiger partial charge in [0, 0.05) is 18.5 Å². The number of nitrogens with one attached hydrogen (secondary N) is 1. The highest BCUT2D eigenvalue weighted by atomic mass is 16.8. The molecule has 2 saturated heterocycles. The lowest BCUT2D eigenvalue weighted by molar-refractivity contribution is -0.371. The molecule has 19 atom stereocenters. The van der Waals surface area contributed by atoms with Crippen LogP contribution in [0.4, 0.5) is 0 Å². The van der Waals surface area contributed by atoms with E-state index >= 15 is 4.79 Å². The van der Waals surface area contributed by atoms with Crippen molar-refractivity contribution in [3.05, 3.63) is 11.6 Å². The molecule has 0 aromatic heterocycles. The molecule has 15 nitrogen and oxygen atoms in total. The Balaban J connectivity index is 1.04. The first-order chi connectivity index (χ1) is 29.4. The quantitative estimate of drug-likeness (QED) is 0.152. The van der Waals surface area contributed by atoms with E-state index in [1.807, 2.05) is 0 Å². The maximum atomic E-state index is 15.1. The normalized spacial score (nSPS) is 51.2. The van der Waals surface area contributed by atoms with Crippen LogP contribution in [0.5, 0.6) is 0 Å². The van der Waals surface area contributed by atoms with Crippen LogP contribution in [0.2, 0.25) is 0 Å². The molecule has 7 fully saturated rings. The monoisotopic (exact) mass is 890 g/mol. The first kappa shape index (κ1) is 47.4. The van der Waals surface area contributed by atoms with Gasteiger partial charge in [-0.2, -0.15) is 0 Å². The van der Waals surface area contributed by atoms with Gasteiger partial charge < -0.3 is 60.0 Å². The Morgan fingerprint density at radius 1 is 0.714 bits per heavy atom. The molecule has 356 valence electrons. The number of carboxylic acid groups (broad SMARTS) is 2. The summed E-state index contributed by atoms with van der Waals surface area (Å²) in [6.45, 7) is 17.2. The molecule has 8 N–H and O–H groups in total. The van der Waals surface area contributed by atoms with Gasteiger partial charge in [0.1, 0.15) is 36.6 Å². The van der Waals surface area contributed by atoms with Crippen LogP contribution >= 0.6 is 0 Å². The van der Waals surface area contributed by atoms with E-state index in [1.54, 1.807) is 0 Å². The number of carbonyl (C=O) groups excluding carboxylic acids is 1. The largest absolute Gasteiger partial charge is 0.479 e. The third-order valence-electron chi connectivity index (χ3n) is 19.2. The SMILES string of the molecule is CC1(C)C2CC[C@]3(C)C(C(=O)C=C4[C@@H]5C[C@@](C)(CNC6CCCCC6)CC[C@]5(C)CC[C@]43C)[C@@]2(C)CC[C@@H]1O[C@@H]1O[C@H](C(=O)O)[C@@H](O)[C@H](O)[C@H]1O[C@@H]1O[C@H](C(=O)O)[C@@H](O)[C@H](O)[C@H]1O. The predicted molar refractivity (Wildman–Crippen MR) is 227 cm³/mol.